The van der Waals surface area contributed by atoms with Crippen molar-refractivity contribution < 1.29 is 18.7 Å². The molecule has 0 spiro atoms. The van der Waals surface area contributed by atoms with Gasteiger partial charge in [0.1, 0.15) is 5.69 Å². The van der Waals surface area contributed by atoms with Crippen LogP contribution in [0, 0.1) is 0 Å². The van der Waals surface area contributed by atoms with E-state index >= 15 is 0 Å². The minimum Gasteiger partial charge on any atom is -0.505 e. The molecule has 3 N–H and O–H groups in total. The standard InChI is InChI=1S/C7H5ClF2N2O2/c8-5-3(13)1-2(6(9)10)4(12-5)7(11)14/h1,6,13H,(H2,11,14). The zero-order valence-electron chi connectivity index (χ0n) is 6.67. The fraction of sp³-hybridized carbons (Fsp3) is 0.143. The van der Waals surface area contributed by atoms with E-state index in [1.54, 1.807) is 0 Å². The highest BCUT2D eigenvalue weighted by Gasteiger charge is 2.20. The summed E-state index contributed by atoms with van der Waals surface area (Å²) in [7, 11) is 0. The molecule has 1 aromatic heterocycles. The van der Waals surface area contributed by atoms with E-state index in [0.29, 0.717) is 6.07 Å². The summed E-state index contributed by atoms with van der Waals surface area (Å²) in [5, 5.41) is 8.53. The van der Waals surface area contributed by atoms with Crippen molar-refractivity contribution in [3.8, 4) is 5.75 Å². The van der Waals surface area contributed by atoms with Gasteiger partial charge in [-0.25, -0.2) is 13.8 Å². The monoisotopic (exact) mass is 222 g/mol. The second-order valence-electron chi connectivity index (χ2n) is 2.40. The smallest absolute Gasteiger partial charge is 0.267 e. The Balaban J connectivity index is 3.39. The maximum atomic E-state index is 12.3. The first kappa shape index (κ1) is 10.6. The van der Waals surface area contributed by atoms with E-state index in [1.165, 1.54) is 0 Å². The number of rotatable bonds is 2. The highest BCUT2D eigenvalue weighted by atomic mass is 35.5. The average Bonchev–Trinajstić information content (AvgIpc) is 2.08. The minimum atomic E-state index is -2.95. The van der Waals surface area contributed by atoms with Gasteiger partial charge >= 0.3 is 0 Å². The second-order valence-corrected chi connectivity index (χ2v) is 2.76. The number of pyridine rings is 1. The van der Waals surface area contributed by atoms with E-state index in [2.05, 4.69) is 4.98 Å². The summed E-state index contributed by atoms with van der Waals surface area (Å²) in [6, 6.07) is 0.667. The molecule has 4 nitrogen and oxygen atoms in total. The first-order chi connectivity index (χ1) is 6.43. The molecule has 7 heteroatoms. The Morgan fingerprint density at radius 1 is 1.64 bits per heavy atom. The number of primary amides is 1. The molecule has 1 rings (SSSR count). The van der Waals surface area contributed by atoms with Crippen molar-refractivity contribution in [3.63, 3.8) is 0 Å². The van der Waals surface area contributed by atoms with Gasteiger partial charge in [-0.05, 0) is 6.07 Å². The van der Waals surface area contributed by atoms with Crippen LogP contribution in [0.5, 0.6) is 5.75 Å². The fourth-order valence-corrected chi connectivity index (χ4v) is 0.998. The molecule has 0 fully saturated rings. The normalized spacial score (nSPS) is 10.6. The van der Waals surface area contributed by atoms with Crippen LogP contribution >= 0.6 is 11.6 Å². The van der Waals surface area contributed by atoms with Crippen LogP contribution in [0.1, 0.15) is 22.5 Å². The number of nitrogens with two attached hydrogens (primary N) is 1. The van der Waals surface area contributed by atoms with Crippen molar-refractivity contribution >= 4 is 17.5 Å². The highest BCUT2D eigenvalue weighted by Crippen LogP contribution is 2.29. The molecule has 0 aromatic carbocycles. The maximum absolute atomic E-state index is 12.3. The van der Waals surface area contributed by atoms with Crippen LogP contribution in [0.15, 0.2) is 6.07 Å². The molecule has 0 aliphatic heterocycles. The third-order valence-corrected chi connectivity index (χ3v) is 1.73. The highest BCUT2D eigenvalue weighted by molar-refractivity contribution is 6.31. The number of alkyl halides is 2. The van der Waals surface area contributed by atoms with Crippen molar-refractivity contribution in [2.24, 2.45) is 5.73 Å². The number of carbonyl (C=O) groups is 1. The lowest BCUT2D eigenvalue weighted by atomic mass is 10.2. The summed E-state index contributed by atoms with van der Waals surface area (Å²) in [4.78, 5) is 13.9. The predicted molar refractivity (Wildman–Crippen MR) is 44.4 cm³/mol. The van der Waals surface area contributed by atoms with Crippen LogP contribution in [0.3, 0.4) is 0 Å². The van der Waals surface area contributed by atoms with Crippen LogP contribution in [-0.4, -0.2) is 16.0 Å². The first-order valence-corrected chi connectivity index (χ1v) is 3.78. The summed E-state index contributed by atoms with van der Waals surface area (Å²) >= 11 is 5.32. The first-order valence-electron chi connectivity index (χ1n) is 3.41. The Morgan fingerprint density at radius 3 is 2.64 bits per heavy atom. The SMILES string of the molecule is NC(=O)c1nc(Cl)c(O)cc1C(F)F. The summed E-state index contributed by atoms with van der Waals surface area (Å²) in [6.07, 6.45) is -2.95. The molecule has 1 amide bonds. The molecule has 0 aliphatic carbocycles. The molecule has 0 radical (unpaired) electrons. The zero-order valence-corrected chi connectivity index (χ0v) is 7.42. The lowest BCUT2D eigenvalue weighted by Crippen LogP contribution is -2.16. The summed E-state index contributed by atoms with van der Waals surface area (Å²) in [5.74, 6) is -1.74. The largest absolute Gasteiger partial charge is 0.505 e. The van der Waals surface area contributed by atoms with Gasteiger partial charge in [0, 0.05) is 0 Å². The van der Waals surface area contributed by atoms with Crippen molar-refractivity contribution in [1.82, 2.24) is 4.98 Å². The average molecular weight is 223 g/mol. The molecule has 0 bridgehead atoms. The van der Waals surface area contributed by atoms with Crippen molar-refractivity contribution in [3.05, 3.63) is 22.5 Å². The van der Waals surface area contributed by atoms with Gasteiger partial charge < -0.3 is 10.8 Å². The van der Waals surface area contributed by atoms with Crippen LogP contribution < -0.4 is 5.73 Å². The van der Waals surface area contributed by atoms with Gasteiger partial charge in [-0.3, -0.25) is 4.79 Å². The molecular formula is C7H5ClF2N2O2. The van der Waals surface area contributed by atoms with Crippen LogP contribution in [0.4, 0.5) is 8.78 Å². The molecule has 0 aliphatic rings. The molecule has 0 atom stereocenters. The van der Waals surface area contributed by atoms with Gasteiger partial charge in [0.2, 0.25) is 0 Å². The number of aromatic nitrogens is 1. The predicted octanol–water partition coefficient (Wildman–Crippen LogP) is 1.48. The Hall–Kier alpha value is -1.43. The number of hydrogen-bond acceptors (Lipinski definition) is 3. The lowest BCUT2D eigenvalue weighted by Gasteiger charge is -2.06. The lowest BCUT2D eigenvalue weighted by molar-refractivity contribution is 0.0980. The number of halogens is 3. The fourth-order valence-electron chi connectivity index (χ4n) is 0.859. The third-order valence-electron chi connectivity index (χ3n) is 1.46. The molecular weight excluding hydrogens is 218 g/mol. The quantitative estimate of drug-likeness (QED) is 0.744. The summed E-state index contributed by atoms with van der Waals surface area (Å²) < 4.78 is 24.6. The minimum absolute atomic E-state index is 0.441. The number of amides is 1. The van der Waals surface area contributed by atoms with Crippen molar-refractivity contribution in [2.75, 3.05) is 0 Å². The van der Waals surface area contributed by atoms with E-state index in [-0.39, 0.29) is 0 Å². The Morgan fingerprint density at radius 2 is 2.21 bits per heavy atom. The van der Waals surface area contributed by atoms with E-state index in [9.17, 15) is 13.6 Å². The van der Waals surface area contributed by atoms with Gasteiger partial charge in [0.15, 0.2) is 10.9 Å². The summed E-state index contributed by atoms with van der Waals surface area (Å²) in [5.41, 5.74) is 3.42. The van der Waals surface area contributed by atoms with Gasteiger partial charge in [0.25, 0.3) is 12.3 Å². The van der Waals surface area contributed by atoms with Crippen LogP contribution in [-0.2, 0) is 0 Å². The molecule has 1 heterocycles. The molecule has 76 valence electrons. The number of carbonyl (C=O) groups excluding carboxylic acids is 1. The second kappa shape index (κ2) is 3.75. The Bertz CT molecular complexity index is 384. The van der Waals surface area contributed by atoms with Crippen LogP contribution in [0.25, 0.3) is 0 Å². The van der Waals surface area contributed by atoms with Crippen molar-refractivity contribution in [1.29, 1.82) is 0 Å². The Kier molecular flexibility index (Phi) is 2.85. The van der Waals surface area contributed by atoms with Crippen molar-refractivity contribution in [2.45, 2.75) is 6.43 Å². The molecule has 0 saturated heterocycles. The summed E-state index contributed by atoms with van der Waals surface area (Å²) in [6.45, 7) is 0. The van der Waals surface area contributed by atoms with E-state index in [0.717, 1.165) is 0 Å². The van der Waals surface area contributed by atoms with E-state index in [1.807, 2.05) is 0 Å². The molecule has 0 saturated carbocycles. The molecule has 1 aromatic rings. The van der Waals surface area contributed by atoms with Gasteiger partial charge in [0.05, 0.1) is 5.56 Å². The number of hydrogen-bond donors (Lipinski definition) is 2. The van der Waals surface area contributed by atoms with Crippen LogP contribution in [0.2, 0.25) is 5.15 Å². The topological polar surface area (TPSA) is 76.2 Å². The van der Waals surface area contributed by atoms with Gasteiger partial charge in [-0.1, -0.05) is 11.6 Å². The maximum Gasteiger partial charge on any atom is 0.267 e. The number of nitrogens with zero attached hydrogens (tertiary/aromatic N) is 1. The van der Waals surface area contributed by atoms with Gasteiger partial charge in [-0.15, -0.1) is 0 Å². The third kappa shape index (κ3) is 1.90. The molecule has 14 heavy (non-hydrogen) atoms. The zero-order chi connectivity index (χ0) is 10.9. The van der Waals surface area contributed by atoms with E-state index in [4.69, 9.17) is 22.4 Å². The Labute approximate surface area is 82.3 Å². The van der Waals surface area contributed by atoms with Gasteiger partial charge in [-0.2, -0.15) is 0 Å². The van der Waals surface area contributed by atoms with E-state index < -0.39 is 34.5 Å². The molecule has 0 unspecified atom stereocenters. The number of aromatic hydroxyl groups is 1.